The van der Waals surface area contributed by atoms with Crippen LogP contribution in [0.5, 0.6) is 0 Å². The highest BCUT2D eigenvalue weighted by molar-refractivity contribution is 5.90. The van der Waals surface area contributed by atoms with Gasteiger partial charge in [-0.05, 0) is 0 Å². The second-order valence-electron chi connectivity index (χ2n) is 6.84. The lowest BCUT2D eigenvalue weighted by Crippen LogP contribution is -2.01. The zero-order valence-corrected chi connectivity index (χ0v) is 17.6. The third kappa shape index (κ3) is 4.44. The number of rotatable bonds is 9. The van der Waals surface area contributed by atoms with Crippen LogP contribution in [0, 0.1) is 70.8 Å². The summed E-state index contributed by atoms with van der Waals surface area (Å²) >= 11 is 0. The van der Waals surface area contributed by atoms with Gasteiger partial charge in [0.2, 0.25) is 5.76 Å². The van der Waals surface area contributed by atoms with Gasteiger partial charge in [-0.25, -0.2) is 0 Å². The van der Waals surface area contributed by atoms with Gasteiger partial charge >= 0.3 is 5.69 Å². The lowest BCUT2D eigenvalue weighted by Gasteiger charge is -2.04. The first kappa shape index (κ1) is 26.1. The second kappa shape index (κ2) is 9.29. The van der Waals surface area contributed by atoms with E-state index in [1.165, 1.54) is 0 Å². The van der Waals surface area contributed by atoms with Crippen LogP contribution < -0.4 is 0 Å². The Labute approximate surface area is 203 Å². The summed E-state index contributed by atoms with van der Waals surface area (Å²) in [5, 5.41) is 80.2. The van der Waals surface area contributed by atoms with E-state index in [0.29, 0.717) is 6.07 Å². The monoisotopic (exact) mass is 535 g/mol. The highest BCUT2D eigenvalue weighted by atomic mass is 16.7. The largest absolute Gasteiger partial charge is 0.447 e. The molecule has 3 aromatic rings. The number of nitro benzene ring substituents is 6. The van der Waals surface area contributed by atoms with Crippen LogP contribution in [0.4, 0.5) is 39.8 Å². The van der Waals surface area contributed by atoms with E-state index in [1.54, 1.807) is 0 Å². The van der Waals surface area contributed by atoms with Gasteiger partial charge in [0.1, 0.15) is 0 Å². The lowest BCUT2D eigenvalue weighted by atomic mass is 10.1. The number of benzene rings is 2. The lowest BCUT2D eigenvalue weighted by molar-refractivity contribution is -0.402. The van der Waals surface area contributed by atoms with Gasteiger partial charge in [0.05, 0.1) is 64.8 Å². The first-order valence-corrected chi connectivity index (χ1v) is 9.17. The quantitative estimate of drug-likeness (QED) is 0.276. The predicted molar refractivity (Wildman–Crippen MR) is 116 cm³/mol. The van der Waals surface area contributed by atoms with Gasteiger partial charge < -0.3 is 4.42 Å². The van der Waals surface area contributed by atoms with Gasteiger partial charge in [0.25, 0.3) is 34.1 Å². The van der Waals surface area contributed by atoms with Crippen LogP contribution in [0.25, 0.3) is 22.6 Å². The maximum Gasteiger partial charge on any atom is 0.316 e. The third-order valence-corrected chi connectivity index (χ3v) is 4.75. The molecule has 0 aliphatic heterocycles. The van der Waals surface area contributed by atoms with Gasteiger partial charge in [-0.15, -0.1) is 0 Å². The molecule has 0 saturated heterocycles. The molecule has 0 aliphatic carbocycles. The molecule has 0 spiro atoms. The van der Waals surface area contributed by atoms with Crippen molar-refractivity contribution in [3.05, 3.63) is 101 Å². The molecule has 0 radical (unpaired) electrons. The fraction of sp³-hybridized carbons (Fsp3) is 0. The second-order valence-corrected chi connectivity index (χ2v) is 6.84. The molecule has 0 fully saturated rings. The molecule has 3 rings (SSSR count). The summed E-state index contributed by atoms with van der Waals surface area (Å²) in [5.41, 5.74) is -11.5. The van der Waals surface area contributed by atoms with E-state index in [-0.39, 0.29) is 24.3 Å². The SMILES string of the molecule is O=[N+]([O-])c1cc([N+](=O)[O-])c(-c2cc([N+](=O)[O-])c(-c3c([N+](=O)[O-])cc([N+](=O)[O-])cc3[N+](=O)[O-])o2)c([N+](=O)[O-])c1. The van der Waals surface area contributed by atoms with Gasteiger partial charge in [-0.1, -0.05) is 0 Å². The Kier molecular flexibility index (Phi) is 6.38. The Bertz CT molecular complexity index is 1560. The highest BCUT2D eigenvalue weighted by Gasteiger charge is 2.41. The van der Waals surface area contributed by atoms with Crippen LogP contribution in [-0.2, 0) is 0 Å². The zero-order valence-electron chi connectivity index (χ0n) is 17.6. The minimum Gasteiger partial charge on any atom is -0.447 e. The van der Waals surface area contributed by atoms with E-state index in [9.17, 15) is 70.8 Å². The van der Waals surface area contributed by atoms with Crippen LogP contribution in [0.3, 0.4) is 0 Å². The van der Waals surface area contributed by atoms with E-state index in [4.69, 9.17) is 4.42 Å². The van der Waals surface area contributed by atoms with Crippen molar-refractivity contribution < 1.29 is 38.9 Å². The van der Waals surface area contributed by atoms with Crippen molar-refractivity contribution in [3.63, 3.8) is 0 Å². The molecule has 0 N–H and O–H groups in total. The Morgan fingerprint density at radius 2 is 0.737 bits per heavy atom. The van der Waals surface area contributed by atoms with Crippen molar-refractivity contribution in [2.45, 2.75) is 0 Å². The fourth-order valence-corrected chi connectivity index (χ4v) is 3.29. The molecule has 2 aromatic carbocycles. The third-order valence-electron chi connectivity index (χ3n) is 4.75. The van der Waals surface area contributed by atoms with Crippen LogP contribution in [0.2, 0.25) is 0 Å². The molecular weight excluding hydrogens is 530 g/mol. The average molecular weight is 535 g/mol. The first-order valence-electron chi connectivity index (χ1n) is 9.17. The molecule has 0 unspecified atom stereocenters. The molecule has 0 amide bonds. The zero-order chi connectivity index (χ0) is 28.6. The molecule has 0 aliphatic rings. The molecule has 38 heavy (non-hydrogen) atoms. The Morgan fingerprint density at radius 3 is 1.03 bits per heavy atom. The summed E-state index contributed by atoms with van der Waals surface area (Å²) in [4.78, 5) is 71.1. The van der Waals surface area contributed by atoms with Crippen LogP contribution in [0.15, 0.2) is 34.7 Å². The van der Waals surface area contributed by atoms with Crippen molar-refractivity contribution in [2.24, 2.45) is 0 Å². The molecule has 1 aromatic heterocycles. The Morgan fingerprint density at radius 1 is 0.421 bits per heavy atom. The summed E-state index contributed by atoms with van der Waals surface area (Å²) in [6, 6.07) is 1.31. The fourth-order valence-electron chi connectivity index (χ4n) is 3.29. The summed E-state index contributed by atoms with van der Waals surface area (Å²) in [6.45, 7) is 0. The average Bonchev–Trinajstić information content (AvgIpc) is 3.27. The molecule has 0 bridgehead atoms. The number of hydrogen-bond donors (Lipinski definition) is 0. The minimum atomic E-state index is -1.41. The maximum absolute atomic E-state index is 11.7. The molecular formula is C16H5N7O15. The molecule has 0 atom stereocenters. The van der Waals surface area contributed by atoms with E-state index < -0.39 is 96.9 Å². The predicted octanol–water partition coefficient (Wildman–Crippen LogP) is 3.97. The summed E-state index contributed by atoms with van der Waals surface area (Å²) in [5.74, 6) is -2.40. The van der Waals surface area contributed by atoms with Crippen molar-refractivity contribution in [1.29, 1.82) is 0 Å². The van der Waals surface area contributed by atoms with E-state index in [2.05, 4.69) is 0 Å². The normalized spacial score (nSPS) is 10.5. The first-order chi connectivity index (χ1) is 17.6. The molecule has 22 heteroatoms. The van der Waals surface area contributed by atoms with E-state index in [1.807, 2.05) is 0 Å². The van der Waals surface area contributed by atoms with Gasteiger partial charge in [0.15, 0.2) is 16.9 Å². The standard InChI is InChI=1S/C16H5N7O15/c24-17(25)6-1-8(19(28)29)14(9(2-6)20(30)31)13-5-12(23(36)37)16(38-13)15-10(21(32)33)3-7(18(26)27)4-11(15)22(34)35/h1-5H. The van der Waals surface area contributed by atoms with Crippen molar-refractivity contribution in [3.8, 4) is 22.6 Å². The summed E-state index contributed by atoms with van der Waals surface area (Å²) in [6.07, 6.45) is 0. The van der Waals surface area contributed by atoms with E-state index >= 15 is 0 Å². The van der Waals surface area contributed by atoms with Crippen LogP contribution in [0.1, 0.15) is 0 Å². The van der Waals surface area contributed by atoms with Gasteiger partial charge in [0, 0.05) is 0 Å². The van der Waals surface area contributed by atoms with Crippen molar-refractivity contribution in [2.75, 3.05) is 0 Å². The number of furan rings is 1. The molecule has 0 saturated carbocycles. The number of hydrogen-bond acceptors (Lipinski definition) is 15. The Hall–Kier alpha value is -6.48. The molecule has 22 nitrogen and oxygen atoms in total. The summed E-state index contributed by atoms with van der Waals surface area (Å²) in [7, 11) is 0. The van der Waals surface area contributed by atoms with E-state index in [0.717, 1.165) is 0 Å². The van der Waals surface area contributed by atoms with Gasteiger partial charge in [-0.2, -0.15) is 0 Å². The van der Waals surface area contributed by atoms with Gasteiger partial charge in [-0.3, -0.25) is 70.8 Å². The highest BCUT2D eigenvalue weighted by Crippen LogP contribution is 2.50. The topological polar surface area (TPSA) is 315 Å². The number of non-ortho nitro benzene ring substituents is 2. The number of nitrogens with zero attached hydrogens (tertiary/aromatic N) is 7. The summed E-state index contributed by atoms with van der Waals surface area (Å²) < 4.78 is 5.11. The van der Waals surface area contributed by atoms with Crippen LogP contribution in [-0.4, -0.2) is 34.5 Å². The van der Waals surface area contributed by atoms with Crippen LogP contribution >= 0.6 is 0 Å². The number of nitro groups is 7. The minimum absolute atomic E-state index is 0.227. The van der Waals surface area contributed by atoms with Crippen molar-refractivity contribution in [1.82, 2.24) is 0 Å². The smallest absolute Gasteiger partial charge is 0.316 e. The molecule has 194 valence electrons. The maximum atomic E-state index is 11.7. The Balaban J connectivity index is 2.53. The van der Waals surface area contributed by atoms with Crippen molar-refractivity contribution >= 4 is 39.8 Å². The molecule has 1 heterocycles.